The second-order valence-electron chi connectivity index (χ2n) is 4.75. The summed E-state index contributed by atoms with van der Waals surface area (Å²) >= 11 is 0. The van der Waals surface area contributed by atoms with Crippen molar-refractivity contribution in [2.24, 2.45) is 0 Å². The molecule has 8 heteroatoms. The quantitative estimate of drug-likeness (QED) is 0.727. The highest BCUT2D eigenvalue weighted by molar-refractivity contribution is 7.84. The Balaban J connectivity index is 2.22. The molecule has 0 aliphatic carbocycles. The molecule has 0 N–H and O–H groups in total. The highest BCUT2D eigenvalue weighted by atomic mass is 32.2. The van der Waals surface area contributed by atoms with Gasteiger partial charge in [-0.2, -0.15) is 0 Å². The van der Waals surface area contributed by atoms with Crippen molar-refractivity contribution >= 4 is 10.8 Å². The van der Waals surface area contributed by atoms with E-state index in [1.54, 1.807) is 23.2 Å². The fourth-order valence-corrected chi connectivity index (χ4v) is 2.62. The molecule has 0 aliphatic rings. The van der Waals surface area contributed by atoms with Gasteiger partial charge in [-0.3, -0.25) is 13.8 Å². The first-order valence-corrected chi connectivity index (χ1v) is 8.13. The average molecular weight is 314 g/mol. The van der Waals surface area contributed by atoms with Gasteiger partial charge in [-0.25, -0.2) is 9.97 Å². The highest BCUT2D eigenvalue weighted by Gasteiger charge is 2.16. The van der Waals surface area contributed by atoms with Gasteiger partial charge < -0.3 is 0 Å². The Bertz CT molecular complexity index is 846. The number of aryl methyl sites for hydroxylation is 1. The van der Waals surface area contributed by atoms with Crippen molar-refractivity contribution in [2.45, 2.75) is 19.0 Å². The van der Waals surface area contributed by atoms with Gasteiger partial charge >= 0.3 is 0 Å². The number of hydrogen-bond donors (Lipinski definition) is 0. The second kappa shape index (κ2) is 5.72. The van der Waals surface area contributed by atoms with Crippen molar-refractivity contribution in [3.05, 3.63) is 42.1 Å². The number of rotatable bonds is 3. The Hall–Kier alpha value is -2.48. The molecule has 0 saturated heterocycles. The molecular formula is C14H14N6OS. The summed E-state index contributed by atoms with van der Waals surface area (Å²) in [5, 5.41) is 8.11. The summed E-state index contributed by atoms with van der Waals surface area (Å²) in [6.45, 7) is 3.83. The van der Waals surface area contributed by atoms with E-state index in [1.807, 2.05) is 26.0 Å². The minimum Gasteiger partial charge on any atom is -0.265 e. The minimum atomic E-state index is -1.26. The zero-order chi connectivity index (χ0) is 15.7. The van der Waals surface area contributed by atoms with Gasteiger partial charge in [0.2, 0.25) is 5.16 Å². The van der Waals surface area contributed by atoms with E-state index in [0.717, 1.165) is 16.8 Å². The van der Waals surface area contributed by atoms with Crippen molar-refractivity contribution in [2.75, 3.05) is 6.26 Å². The smallest absolute Gasteiger partial charge is 0.226 e. The van der Waals surface area contributed by atoms with Crippen molar-refractivity contribution in [3.63, 3.8) is 0 Å². The second-order valence-corrected chi connectivity index (χ2v) is 6.03. The van der Waals surface area contributed by atoms with E-state index in [4.69, 9.17) is 0 Å². The summed E-state index contributed by atoms with van der Waals surface area (Å²) in [5.74, 6) is 1.22. The van der Waals surface area contributed by atoms with Gasteiger partial charge in [-0.15, -0.1) is 10.2 Å². The molecule has 0 bridgehead atoms. The summed E-state index contributed by atoms with van der Waals surface area (Å²) in [5.41, 5.74) is 2.61. The van der Waals surface area contributed by atoms with Crippen LogP contribution < -0.4 is 0 Å². The lowest BCUT2D eigenvalue weighted by Gasteiger charge is -2.11. The molecule has 1 atom stereocenters. The van der Waals surface area contributed by atoms with E-state index in [-0.39, 0.29) is 0 Å². The molecular weight excluding hydrogens is 300 g/mol. The molecule has 112 valence electrons. The maximum atomic E-state index is 11.8. The zero-order valence-electron chi connectivity index (χ0n) is 12.4. The molecule has 22 heavy (non-hydrogen) atoms. The van der Waals surface area contributed by atoms with Crippen LogP contribution in [0.25, 0.3) is 17.2 Å². The Morgan fingerprint density at radius 1 is 1.14 bits per heavy atom. The molecule has 0 fully saturated rings. The number of aromatic nitrogens is 6. The van der Waals surface area contributed by atoms with Gasteiger partial charge in [-0.05, 0) is 26.0 Å². The van der Waals surface area contributed by atoms with Crippen LogP contribution in [0.3, 0.4) is 0 Å². The third-order valence-electron chi connectivity index (χ3n) is 3.30. The maximum Gasteiger partial charge on any atom is 0.226 e. The van der Waals surface area contributed by atoms with Crippen LogP contribution in [-0.4, -0.2) is 40.2 Å². The topological polar surface area (TPSA) is 86.4 Å². The van der Waals surface area contributed by atoms with Crippen LogP contribution in [0.5, 0.6) is 0 Å². The lowest BCUT2D eigenvalue weighted by Crippen LogP contribution is -2.09. The Morgan fingerprint density at radius 2 is 1.86 bits per heavy atom. The summed E-state index contributed by atoms with van der Waals surface area (Å²) in [4.78, 5) is 13.1. The molecule has 3 aromatic rings. The normalized spacial score (nSPS) is 12.3. The van der Waals surface area contributed by atoms with E-state index in [2.05, 4.69) is 25.1 Å². The maximum absolute atomic E-state index is 11.8. The molecule has 3 aromatic heterocycles. The van der Waals surface area contributed by atoms with Gasteiger partial charge in [0, 0.05) is 35.5 Å². The summed E-state index contributed by atoms with van der Waals surface area (Å²) in [6, 6.07) is 3.69. The van der Waals surface area contributed by atoms with Crippen molar-refractivity contribution in [3.8, 4) is 17.2 Å². The monoisotopic (exact) mass is 314 g/mol. The van der Waals surface area contributed by atoms with Crippen molar-refractivity contribution in [1.82, 2.24) is 29.7 Å². The van der Waals surface area contributed by atoms with Crippen LogP contribution in [0.15, 0.2) is 36.0 Å². The minimum absolute atomic E-state index is 0.363. The standard InChI is InChI=1S/C14H14N6OS/c1-9-10(2)17-12(11-4-6-15-7-5-11)18-13(9)20-8-16-19-14(20)22(3)21/h4-8H,1-3H3/t22-/m0/s1. The highest BCUT2D eigenvalue weighted by Crippen LogP contribution is 2.21. The Kier molecular flexibility index (Phi) is 3.76. The van der Waals surface area contributed by atoms with Gasteiger partial charge in [0.05, 0.1) is 10.8 Å². The molecule has 0 spiro atoms. The molecule has 0 aromatic carbocycles. The fraction of sp³-hybridized carbons (Fsp3) is 0.214. The van der Waals surface area contributed by atoms with Crippen LogP contribution in [0.1, 0.15) is 11.3 Å². The van der Waals surface area contributed by atoms with E-state index in [1.165, 1.54) is 6.33 Å². The lowest BCUT2D eigenvalue weighted by atomic mass is 10.2. The van der Waals surface area contributed by atoms with Crippen LogP contribution in [-0.2, 0) is 10.8 Å². The van der Waals surface area contributed by atoms with Crippen LogP contribution in [0, 0.1) is 13.8 Å². The van der Waals surface area contributed by atoms with E-state index < -0.39 is 10.8 Å². The molecule has 0 radical (unpaired) electrons. The Labute approximate surface area is 130 Å². The van der Waals surface area contributed by atoms with E-state index in [9.17, 15) is 4.21 Å². The van der Waals surface area contributed by atoms with Gasteiger partial charge in [-0.1, -0.05) is 0 Å². The fourth-order valence-electron chi connectivity index (χ4n) is 2.04. The first-order valence-electron chi connectivity index (χ1n) is 6.57. The largest absolute Gasteiger partial charge is 0.265 e. The van der Waals surface area contributed by atoms with E-state index >= 15 is 0 Å². The Morgan fingerprint density at radius 3 is 2.55 bits per heavy atom. The number of hydrogen-bond acceptors (Lipinski definition) is 6. The molecule has 0 amide bonds. The zero-order valence-corrected chi connectivity index (χ0v) is 13.2. The predicted molar refractivity (Wildman–Crippen MR) is 82.0 cm³/mol. The van der Waals surface area contributed by atoms with Gasteiger partial charge in [0.25, 0.3) is 0 Å². The van der Waals surface area contributed by atoms with Gasteiger partial charge in [0.15, 0.2) is 5.82 Å². The van der Waals surface area contributed by atoms with Crippen molar-refractivity contribution in [1.29, 1.82) is 0 Å². The number of nitrogens with zero attached hydrogens (tertiary/aromatic N) is 6. The van der Waals surface area contributed by atoms with Crippen molar-refractivity contribution < 1.29 is 4.21 Å². The molecule has 7 nitrogen and oxygen atoms in total. The number of pyridine rings is 1. The van der Waals surface area contributed by atoms with E-state index in [0.29, 0.717) is 16.8 Å². The first-order chi connectivity index (χ1) is 10.6. The third kappa shape index (κ3) is 2.52. The van der Waals surface area contributed by atoms with Crippen LogP contribution in [0.2, 0.25) is 0 Å². The molecule has 0 aliphatic heterocycles. The third-order valence-corrected chi connectivity index (χ3v) is 4.10. The van der Waals surface area contributed by atoms with Gasteiger partial charge in [0.1, 0.15) is 12.1 Å². The van der Waals surface area contributed by atoms with Crippen LogP contribution in [0.4, 0.5) is 0 Å². The summed E-state index contributed by atoms with van der Waals surface area (Å²) < 4.78 is 13.4. The molecule has 3 rings (SSSR count). The van der Waals surface area contributed by atoms with Crippen LogP contribution >= 0.6 is 0 Å². The first kappa shape index (κ1) is 14.5. The molecule has 3 heterocycles. The average Bonchev–Trinajstić information content (AvgIpc) is 3.00. The SMILES string of the molecule is Cc1nc(-c2ccncc2)nc(-n2cnnc2[S@](C)=O)c1C. The summed E-state index contributed by atoms with van der Waals surface area (Å²) in [6.07, 6.45) is 6.47. The molecule has 0 unspecified atom stereocenters. The predicted octanol–water partition coefficient (Wildman–Crippen LogP) is 1.47. The molecule has 0 saturated carbocycles. The lowest BCUT2D eigenvalue weighted by molar-refractivity contribution is 0.674. The summed E-state index contributed by atoms with van der Waals surface area (Å²) in [7, 11) is -1.26.